The number of rotatable bonds is 3. The van der Waals surface area contributed by atoms with Crippen molar-refractivity contribution >= 4 is 0 Å². The third-order valence-corrected chi connectivity index (χ3v) is 3.27. The van der Waals surface area contributed by atoms with E-state index in [0.717, 1.165) is 46.1 Å². The van der Waals surface area contributed by atoms with Gasteiger partial charge in [-0.25, -0.2) is 0 Å². The van der Waals surface area contributed by atoms with Crippen LogP contribution in [0.2, 0.25) is 0 Å². The van der Waals surface area contributed by atoms with Crippen molar-refractivity contribution in [1.82, 2.24) is 4.90 Å². The summed E-state index contributed by atoms with van der Waals surface area (Å²) in [5, 5.41) is 0. The summed E-state index contributed by atoms with van der Waals surface area (Å²) < 4.78 is 10.8. The van der Waals surface area contributed by atoms with Gasteiger partial charge in [0.1, 0.15) is 0 Å². The van der Waals surface area contributed by atoms with Crippen LogP contribution in [0.15, 0.2) is 0 Å². The van der Waals surface area contributed by atoms with Crippen LogP contribution >= 0.6 is 0 Å². The van der Waals surface area contributed by atoms with Crippen molar-refractivity contribution < 1.29 is 9.47 Å². The summed E-state index contributed by atoms with van der Waals surface area (Å²) in [7, 11) is 0. The average molecular weight is 200 g/mol. The van der Waals surface area contributed by atoms with Gasteiger partial charge in [-0.15, -0.1) is 0 Å². The Kier molecular flexibility index (Phi) is 3.75. The molecule has 0 bridgehead atoms. The predicted octanol–water partition coefficient (Wildman–Crippen LogP) is -0.318. The minimum absolute atomic E-state index is 0.501. The first-order valence-corrected chi connectivity index (χ1v) is 5.51. The molecule has 0 aromatic rings. The maximum absolute atomic E-state index is 5.85. The van der Waals surface area contributed by atoms with E-state index >= 15 is 0 Å². The van der Waals surface area contributed by atoms with E-state index in [4.69, 9.17) is 15.2 Å². The van der Waals surface area contributed by atoms with Crippen molar-refractivity contribution in [3.05, 3.63) is 0 Å². The zero-order chi connectivity index (χ0) is 9.80. The first-order chi connectivity index (χ1) is 6.92. The van der Waals surface area contributed by atoms with Crippen LogP contribution in [0.1, 0.15) is 6.42 Å². The van der Waals surface area contributed by atoms with Crippen molar-refractivity contribution in [2.45, 2.75) is 12.5 Å². The van der Waals surface area contributed by atoms with Gasteiger partial charge in [0.05, 0.1) is 19.8 Å². The molecule has 0 aromatic heterocycles. The third kappa shape index (κ3) is 2.25. The van der Waals surface area contributed by atoms with Gasteiger partial charge in [-0.05, 0) is 6.42 Å². The van der Waals surface area contributed by atoms with E-state index in [1.54, 1.807) is 0 Å². The third-order valence-electron chi connectivity index (χ3n) is 3.27. The molecule has 2 atom stereocenters. The summed E-state index contributed by atoms with van der Waals surface area (Å²) in [5.74, 6) is 0.637. The van der Waals surface area contributed by atoms with Crippen molar-refractivity contribution in [2.24, 2.45) is 11.7 Å². The fourth-order valence-electron chi connectivity index (χ4n) is 2.40. The van der Waals surface area contributed by atoms with Crippen molar-refractivity contribution in [1.29, 1.82) is 0 Å². The van der Waals surface area contributed by atoms with Gasteiger partial charge >= 0.3 is 0 Å². The Morgan fingerprint density at radius 1 is 1.21 bits per heavy atom. The highest BCUT2D eigenvalue weighted by Gasteiger charge is 2.30. The smallest absolute Gasteiger partial charge is 0.0594 e. The molecule has 2 heterocycles. The van der Waals surface area contributed by atoms with E-state index in [1.165, 1.54) is 6.42 Å². The van der Waals surface area contributed by atoms with Crippen LogP contribution in [0, 0.1) is 5.92 Å². The number of nitrogens with zero attached hydrogens (tertiary/aromatic N) is 1. The standard InChI is InChI=1S/C10H20N2O2/c11-7-10(9-1-4-14-8-9)12-2-5-13-6-3-12/h9-10H,1-8,11H2/t9-,10-/m1/s1. The number of nitrogens with two attached hydrogens (primary N) is 1. The second-order valence-corrected chi connectivity index (χ2v) is 4.08. The maximum atomic E-state index is 5.85. The Labute approximate surface area is 85.3 Å². The van der Waals surface area contributed by atoms with Gasteiger partial charge in [0, 0.05) is 38.2 Å². The van der Waals surface area contributed by atoms with Gasteiger partial charge in [0.15, 0.2) is 0 Å². The molecule has 2 N–H and O–H groups in total. The van der Waals surface area contributed by atoms with Crippen molar-refractivity contribution in [3.8, 4) is 0 Å². The molecule has 0 radical (unpaired) electrons. The quantitative estimate of drug-likeness (QED) is 0.678. The van der Waals surface area contributed by atoms with E-state index < -0.39 is 0 Å². The van der Waals surface area contributed by atoms with Crippen LogP contribution in [0.3, 0.4) is 0 Å². The topological polar surface area (TPSA) is 47.7 Å². The molecule has 4 heteroatoms. The lowest BCUT2D eigenvalue weighted by Crippen LogP contribution is -2.50. The summed E-state index contributed by atoms with van der Waals surface area (Å²) in [6.45, 7) is 6.30. The second kappa shape index (κ2) is 5.07. The van der Waals surface area contributed by atoms with Crippen LogP contribution in [0.25, 0.3) is 0 Å². The number of morpholine rings is 1. The normalized spacial score (nSPS) is 31.9. The molecular formula is C10H20N2O2. The van der Waals surface area contributed by atoms with E-state index in [0.29, 0.717) is 12.0 Å². The van der Waals surface area contributed by atoms with Crippen LogP contribution in [-0.4, -0.2) is 57.0 Å². The molecule has 2 fully saturated rings. The van der Waals surface area contributed by atoms with Crippen molar-refractivity contribution in [3.63, 3.8) is 0 Å². The lowest BCUT2D eigenvalue weighted by Gasteiger charge is -2.36. The molecule has 82 valence electrons. The summed E-state index contributed by atoms with van der Waals surface area (Å²) >= 11 is 0. The second-order valence-electron chi connectivity index (χ2n) is 4.08. The summed E-state index contributed by atoms with van der Waals surface area (Å²) in [5.41, 5.74) is 5.85. The van der Waals surface area contributed by atoms with Gasteiger partial charge < -0.3 is 15.2 Å². The van der Waals surface area contributed by atoms with Gasteiger partial charge in [-0.3, -0.25) is 4.90 Å². The fraction of sp³-hybridized carbons (Fsp3) is 1.00. The SMILES string of the molecule is NC[C@H]([C@@H]1CCOC1)N1CCOCC1. The molecule has 2 aliphatic rings. The minimum Gasteiger partial charge on any atom is -0.381 e. The molecule has 0 saturated carbocycles. The van der Waals surface area contributed by atoms with Gasteiger partial charge in [0.25, 0.3) is 0 Å². The summed E-state index contributed by atoms with van der Waals surface area (Å²) in [4.78, 5) is 2.46. The minimum atomic E-state index is 0.501. The number of ether oxygens (including phenoxy) is 2. The Bertz CT molecular complexity index is 166. The monoisotopic (exact) mass is 200 g/mol. The summed E-state index contributed by atoms with van der Waals surface area (Å²) in [6, 6.07) is 0.501. The first-order valence-electron chi connectivity index (χ1n) is 5.51. The van der Waals surface area contributed by atoms with Crippen LogP contribution in [0.5, 0.6) is 0 Å². The van der Waals surface area contributed by atoms with Gasteiger partial charge in [-0.1, -0.05) is 0 Å². The lowest BCUT2D eigenvalue weighted by molar-refractivity contribution is 0.00358. The van der Waals surface area contributed by atoms with E-state index in [-0.39, 0.29) is 0 Å². The molecule has 2 aliphatic heterocycles. The van der Waals surface area contributed by atoms with E-state index in [9.17, 15) is 0 Å². The van der Waals surface area contributed by atoms with Crippen LogP contribution in [-0.2, 0) is 9.47 Å². The lowest BCUT2D eigenvalue weighted by atomic mass is 9.97. The number of hydrogen-bond acceptors (Lipinski definition) is 4. The average Bonchev–Trinajstić information content (AvgIpc) is 2.74. The molecule has 0 aliphatic carbocycles. The zero-order valence-electron chi connectivity index (χ0n) is 8.65. The fourth-order valence-corrected chi connectivity index (χ4v) is 2.40. The highest BCUT2D eigenvalue weighted by Crippen LogP contribution is 2.21. The van der Waals surface area contributed by atoms with E-state index in [1.807, 2.05) is 0 Å². The predicted molar refractivity (Wildman–Crippen MR) is 54.2 cm³/mol. The molecule has 2 saturated heterocycles. The largest absolute Gasteiger partial charge is 0.381 e. The van der Waals surface area contributed by atoms with E-state index in [2.05, 4.69) is 4.90 Å². The van der Waals surface area contributed by atoms with Gasteiger partial charge in [0.2, 0.25) is 0 Å². The molecular weight excluding hydrogens is 180 g/mol. The van der Waals surface area contributed by atoms with Crippen LogP contribution < -0.4 is 5.73 Å². The molecule has 0 unspecified atom stereocenters. The molecule has 0 amide bonds. The maximum Gasteiger partial charge on any atom is 0.0594 e. The Hall–Kier alpha value is -0.160. The molecule has 14 heavy (non-hydrogen) atoms. The Morgan fingerprint density at radius 2 is 2.00 bits per heavy atom. The highest BCUT2D eigenvalue weighted by molar-refractivity contribution is 4.83. The van der Waals surface area contributed by atoms with Gasteiger partial charge in [-0.2, -0.15) is 0 Å². The summed E-state index contributed by atoms with van der Waals surface area (Å²) in [6.07, 6.45) is 1.17. The van der Waals surface area contributed by atoms with Crippen molar-refractivity contribution in [2.75, 3.05) is 46.1 Å². The molecule has 2 rings (SSSR count). The molecule has 0 spiro atoms. The molecule has 4 nitrogen and oxygen atoms in total. The zero-order valence-corrected chi connectivity index (χ0v) is 8.65. The number of hydrogen-bond donors (Lipinski definition) is 1. The Balaban J connectivity index is 1.89. The Morgan fingerprint density at radius 3 is 2.57 bits per heavy atom. The molecule has 0 aromatic carbocycles. The highest BCUT2D eigenvalue weighted by atomic mass is 16.5. The first kappa shape index (κ1) is 10.4. The van der Waals surface area contributed by atoms with Crippen LogP contribution in [0.4, 0.5) is 0 Å².